The molecule has 0 aliphatic carbocycles. The third kappa shape index (κ3) is 3.74. The van der Waals surface area contributed by atoms with E-state index in [1.54, 1.807) is 18.2 Å². The first-order chi connectivity index (χ1) is 9.47. The van der Waals surface area contributed by atoms with E-state index in [0.29, 0.717) is 15.9 Å². The summed E-state index contributed by atoms with van der Waals surface area (Å²) in [6.07, 6.45) is 0. The molecule has 0 fully saturated rings. The van der Waals surface area contributed by atoms with Crippen LogP contribution in [0.1, 0.15) is 25.6 Å². The number of hydrogen-bond acceptors (Lipinski definition) is 4. The molecule has 0 aliphatic rings. The van der Waals surface area contributed by atoms with Crippen molar-refractivity contribution in [2.24, 2.45) is 0 Å². The first-order valence-electron chi connectivity index (χ1n) is 6.28. The maximum absolute atomic E-state index is 5.99. The number of rotatable bonds is 4. The van der Waals surface area contributed by atoms with E-state index in [-0.39, 0.29) is 5.92 Å². The van der Waals surface area contributed by atoms with Crippen LogP contribution in [-0.2, 0) is 0 Å². The van der Waals surface area contributed by atoms with Gasteiger partial charge in [0, 0.05) is 34.8 Å². The molecule has 1 aromatic carbocycles. The molecule has 2 rings (SSSR count). The molecular weight excluding hydrogens is 295 g/mol. The van der Waals surface area contributed by atoms with Crippen LogP contribution in [0.3, 0.4) is 0 Å². The molecule has 0 bridgehead atoms. The van der Waals surface area contributed by atoms with Gasteiger partial charge in [0.15, 0.2) is 0 Å². The molecule has 6 heteroatoms. The van der Waals surface area contributed by atoms with Crippen molar-refractivity contribution < 1.29 is 0 Å². The van der Waals surface area contributed by atoms with Crippen molar-refractivity contribution in [3.05, 3.63) is 40.1 Å². The maximum Gasteiger partial charge on any atom is 0.136 e. The van der Waals surface area contributed by atoms with E-state index in [9.17, 15) is 0 Å². The van der Waals surface area contributed by atoms with Crippen molar-refractivity contribution >= 4 is 40.5 Å². The third-order valence-electron chi connectivity index (χ3n) is 2.65. The molecule has 0 saturated carbocycles. The summed E-state index contributed by atoms with van der Waals surface area (Å²) in [4.78, 5) is 8.90. The van der Waals surface area contributed by atoms with E-state index in [1.165, 1.54) is 0 Å². The molecule has 0 saturated heterocycles. The van der Waals surface area contributed by atoms with Crippen molar-refractivity contribution in [3.63, 3.8) is 0 Å². The summed E-state index contributed by atoms with van der Waals surface area (Å²) < 4.78 is 0. The van der Waals surface area contributed by atoms with Gasteiger partial charge in [-0.1, -0.05) is 37.0 Å². The van der Waals surface area contributed by atoms with Gasteiger partial charge in [0.2, 0.25) is 0 Å². The fourth-order valence-corrected chi connectivity index (χ4v) is 2.22. The lowest BCUT2D eigenvalue weighted by molar-refractivity contribution is 0.778. The minimum absolute atomic E-state index is 0.242. The number of nitrogens with one attached hydrogen (secondary N) is 2. The Morgan fingerprint density at radius 2 is 1.55 bits per heavy atom. The van der Waals surface area contributed by atoms with E-state index in [1.807, 2.05) is 13.1 Å². The van der Waals surface area contributed by atoms with E-state index >= 15 is 0 Å². The van der Waals surface area contributed by atoms with Gasteiger partial charge in [-0.3, -0.25) is 0 Å². The molecule has 106 valence electrons. The molecule has 1 aromatic heterocycles. The van der Waals surface area contributed by atoms with Crippen LogP contribution < -0.4 is 10.6 Å². The highest BCUT2D eigenvalue weighted by Crippen LogP contribution is 2.26. The second-order valence-corrected chi connectivity index (χ2v) is 5.56. The molecule has 0 aliphatic heterocycles. The first kappa shape index (κ1) is 14.9. The Kier molecular flexibility index (Phi) is 4.68. The molecule has 0 atom stereocenters. The van der Waals surface area contributed by atoms with Crippen LogP contribution in [0, 0.1) is 0 Å². The number of halogens is 2. The third-order valence-corrected chi connectivity index (χ3v) is 3.09. The zero-order valence-electron chi connectivity index (χ0n) is 11.5. The van der Waals surface area contributed by atoms with Crippen LogP contribution >= 0.6 is 23.2 Å². The summed E-state index contributed by atoms with van der Waals surface area (Å²) in [7, 11) is 1.83. The van der Waals surface area contributed by atoms with Crippen LogP contribution in [0.2, 0.25) is 10.0 Å². The number of benzene rings is 1. The number of nitrogens with zero attached hydrogens (tertiary/aromatic N) is 2. The zero-order valence-corrected chi connectivity index (χ0v) is 13.0. The van der Waals surface area contributed by atoms with Crippen LogP contribution in [0.15, 0.2) is 24.3 Å². The Morgan fingerprint density at radius 1 is 0.950 bits per heavy atom. The topological polar surface area (TPSA) is 49.8 Å². The van der Waals surface area contributed by atoms with Crippen molar-refractivity contribution in [2.75, 3.05) is 17.7 Å². The summed E-state index contributed by atoms with van der Waals surface area (Å²) in [5, 5.41) is 7.38. The summed E-state index contributed by atoms with van der Waals surface area (Å²) in [5.74, 6) is 2.48. The summed E-state index contributed by atoms with van der Waals surface area (Å²) in [5.41, 5.74) is 0.790. The predicted octanol–water partition coefficient (Wildman–Crippen LogP) is 4.69. The lowest BCUT2D eigenvalue weighted by Gasteiger charge is -2.12. The maximum atomic E-state index is 5.99. The second kappa shape index (κ2) is 6.29. The fourth-order valence-electron chi connectivity index (χ4n) is 1.69. The SMILES string of the molecule is CNc1cc(Nc2cc(Cl)cc(Cl)c2)nc(C(C)C)n1. The lowest BCUT2D eigenvalue weighted by atomic mass is 10.2. The largest absolute Gasteiger partial charge is 0.373 e. The molecule has 2 N–H and O–H groups in total. The van der Waals surface area contributed by atoms with Crippen molar-refractivity contribution in [1.29, 1.82) is 0 Å². The van der Waals surface area contributed by atoms with Gasteiger partial charge in [-0.15, -0.1) is 0 Å². The van der Waals surface area contributed by atoms with Crippen LogP contribution in [0.25, 0.3) is 0 Å². The normalized spacial score (nSPS) is 10.7. The van der Waals surface area contributed by atoms with Crippen molar-refractivity contribution in [2.45, 2.75) is 19.8 Å². The minimum Gasteiger partial charge on any atom is -0.373 e. The molecule has 0 spiro atoms. The smallest absolute Gasteiger partial charge is 0.136 e. The first-order valence-corrected chi connectivity index (χ1v) is 7.03. The summed E-state index contributed by atoms with van der Waals surface area (Å²) >= 11 is 12.0. The molecule has 1 heterocycles. The van der Waals surface area contributed by atoms with Gasteiger partial charge in [0.05, 0.1) is 0 Å². The Hall–Kier alpha value is -1.52. The number of anilines is 3. The molecule has 4 nitrogen and oxygen atoms in total. The lowest BCUT2D eigenvalue weighted by Crippen LogP contribution is -2.05. The number of aromatic nitrogens is 2. The molecule has 2 aromatic rings. The highest BCUT2D eigenvalue weighted by Gasteiger charge is 2.08. The quantitative estimate of drug-likeness (QED) is 0.860. The molecule has 0 amide bonds. The van der Waals surface area contributed by atoms with Gasteiger partial charge >= 0.3 is 0 Å². The second-order valence-electron chi connectivity index (χ2n) is 4.68. The van der Waals surface area contributed by atoms with Gasteiger partial charge in [-0.2, -0.15) is 0 Å². The Morgan fingerprint density at radius 3 is 2.10 bits per heavy atom. The Bertz CT molecular complexity index is 594. The summed E-state index contributed by atoms with van der Waals surface area (Å²) in [6.45, 7) is 4.10. The average molecular weight is 311 g/mol. The highest BCUT2D eigenvalue weighted by molar-refractivity contribution is 6.35. The predicted molar refractivity (Wildman–Crippen MR) is 85.4 cm³/mol. The van der Waals surface area contributed by atoms with Gasteiger partial charge < -0.3 is 10.6 Å². The molecule has 20 heavy (non-hydrogen) atoms. The minimum atomic E-state index is 0.242. The van der Waals surface area contributed by atoms with E-state index in [4.69, 9.17) is 23.2 Å². The van der Waals surface area contributed by atoms with Crippen LogP contribution in [0.4, 0.5) is 17.3 Å². The van der Waals surface area contributed by atoms with Gasteiger partial charge in [-0.05, 0) is 18.2 Å². The van der Waals surface area contributed by atoms with E-state index < -0.39 is 0 Å². The summed E-state index contributed by atoms with van der Waals surface area (Å²) in [6, 6.07) is 7.11. The number of hydrogen-bond donors (Lipinski definition) is 2. The van der Waals surface area contributed by atoms with Crippen LogP contribution in [0.5, 0.6) is 0 Å². The molecule has 0 radical (unpaired) electrons. The van der Waals surface area contributed by atoms with Gasteiger partial charge in [-0.25, -0.2) is 9.97 Å². The van der Waals surface area contributed by atoms with Crippen molar-refractivity contribution in [3.8, 4) is 0 Å². The van der Waals surface area contributed by atoms with E-state index in [2.05, 4.69) is 34.4 Å². The Balaban J connectivity index is 2.34. The average Bonchev–Trinajstić information content (AvgIpc) is 2.36. The molecular formula is C14H16Cl2N4. The van der Waals surface area contributed by atoms with Crippen LogP contribution in [-0.4, -0.2) is 17.0 Å². The Labute approximate surface area is 128 Å². The van der Waals surface area contributed by atoms with E-state index in [0.717, 1.165) is 17.3 Å². The van der Waals surface area contributed by atoms with Crippen molar-refractivity contribution in [1.82, 2.24) is 9.97 Å². The van der Waals surface area contributed by atoms with Gasteiger partial charge in [0.1, 0.15) is 17.5 Å². The highest BCUT2D eigenvalue weighted by atomic mass is 35.5. The van der Waals surface area contributed by atoms with Gasteiger partial charge in [0.25, 0.3) is 0 Å². The fraction of sp³-hybridized carbons (Fsp3) is 0.286. The molecule has 0 unspecified atom stereocenters. The zero-order chi connectivity index (χ0) is 14.7. The standard InChI is InChI=1S/C14H16Cl2N4/c1-8(2)14-19-12(17-3)7-13(20-14)18-11-5-9(15)4-10(16)6-11/h4-8H,1-3H3,(H2,17,18,19,20). The monoisotopic (exact) mass is 310 g/mol.